The molecule has 26 heavy (non-hydrogen) atoms. The summed E-state index contributed by atoms with van der Waals surface area (Å²) < 4.78 is 5.26. The number of carbonyl (C=O) groups is 4. The molecule has 1 aliphatic rings. The van der Waals surface area contributed by atoms with E-state index in [-0.39, 0.29) is 22.8 Å². The van der Waals surface area contributed by atoms with Gasteiger partial charge in [-0.2, -0.15) is 0 Å². The highest BCUT2D eigenvalue weighted by molar-refractivity contribution is 6.20. The molecule has 0 atom stereocenters. The number of ether oxygens (including phenoxy) is 1. The number of nitrogens with one attached hydrogen (secondary N) is 1. The van der Waals surface area contributed by atoms with Crippen LogP contribution in [0, 0.1) is 0 Å². The van der Waals surface area contributed by atoms with Crippen molar-refractivity contribution >= 4 is 23.7 Å². The molecule has 0 aliphatic carbocycles. The molecule has 0 saturated heterocycles. The molecule has 2 aromatic rings. The van der Waals surface area contributed by atoms with Crippen molar-refractivity contribution in [2.24, 2.45) is 0 Å². The first-order valence-electron chi connectivity index (χ1n) is 7.65. The summed E-state index contributed by atoms with van der Waals surface area (Å²) in [5.74, 6) is -2.37. The van der Waals surface area contributed by atoms with E-state index in [1.54, 1.807) is 30.3 Å². The van der Waals surface area contributed by atoms with Crippen LogP contribution in [-0.4, -0.2) is 42.4 Å². The summed E-state index contributed by atoms with van der Waals surface area (Å²) in [7, 11) is 1.50. The second-order valence-electron chi connectivity index (χ2n) is 5.31. The van der Waals surface area contributed by atoms with Crippen molar-refractivity contribution in [2.75, 3.05) is 13.7 Å². The van der Waals surface area contributed by atoms with Crippen molar-refractivity contribution in [3.05, 3.63) is 65.2 Å². The second kappa shape index (κ2) is 7.06. The van der Waals surface area contributed by atoms with Gasteiger partial charge in [-0.15, -0.1) is 0 Å². The van der Waals surface area contributed by atoms with Gasteiger partial charge in [-0.1, -0.05) is 23.3 Å². The van der Waals surface area contributed by atoms with Gasteiger partial charge in [0.25, 0.3) is 17.7 Å². The molecule has 8 heteroatoms. The number of hydroxylamine groups is 2. The average molecular weight is 354 g/mol. The molecule has 0 spiro atoms. The quantitative estimate of drug-likeness (QED) is 0.809. The highest BCUT2D eigenvalue weighted by Gasteiger charge is 2.38. The molecule has 132 valence electrons. The van der Waals surface area contributed by atoms with E-state index < -0.39 is 24.4 Å². The van der Waals surface area contributed by atoms with Gasteiger partial charge in [0, 0.05) is 12.6 Å². The monoisotopic (exact) mass is 354 g/mol. The van der Waals surface area contributed by atoms with Crippen molar-refractivity contribution < 1.29 is 28.8 Å². The van der Waals surface area contributed by atoms with Gasteiger partial charge >= 0.3 is 5.97 Å². The Kier molecular flexibility index (Phi) is 4.66. The van der Waals surface area contributed by atoms with Crippen molar-refractivity contribution in [2.45, 2.75) is 0 Å². The molecule has 0 radical (unpaired) electrons. The smallest absolute Gasteiger partial charge is 0.370 e. The maximum absolute atomic E-state index is 12.1. The third-order valence-electron chi connectivity index (χ3n) is 3.63. The maximum atomic E-state index is 12.1. The van der Waals surface area contributed by atoms with E-state index in [1.807, 2.05) is 0 Å². The minimum absolute atomic E-state index is 0.171. The molecule has 1 heterocycles. The Balaban J connectivity index is 1.61. The molecule has 1 aliphatic heterocycles. The Labute approximate surface area is 148 Å². The summed E-state index contributed by atoms with van der Waals surface area (Å²) >= 11 is 0. The van der Waals surface area contributed by atoms with E-state index in [0.717, 1.165) is 0 Å². The molecular formula is C18H14N2O6. The van der Waals surface area contributed by atoms with Gasteiger partial charge in [0.05, 0.1) is 11.1 Å². The molecule has 3 rings (SSSR count). The Hall–Kier alpha value is -3.68. The summed E-state index contributed by atoms with van der Waals surface area (Å²) in [5.41, 5.74) is 0.702. The van der Waals surface area contributed by atoms with Crippen LogP contribution in [0.5, 0.6) is 5.75 Å². The molecule has 3 amide bonds. The molecule has 1 N–H and O–H groups in total. The van der Waals surface area contributed by atoms with Gasteiger partial charge in [0.2, 0.25) is 0 Å². The summed E-state index contributed by atoms with van der Waals surface area (Å²) in [6.45, 7) is -0.537. The lowest BCUT2D eigenvalue weighted by atomic mass is 10.1. The fourth-order valence-electron chi connectivity index (χ4n) is 2.39. The third-order valence-corrected chi connectivity index (χ3v) is 3.63. The molecule has 2 aromatic carbocycles. The van der Waals surface area contributed by atoms with Gasteiger partial charge in [-0.05, 0) is 30.3 Å². The molecule has 0 unspecified atom stereocenters. The van der Waals surface area contributed by atoms with Gasteiger partial charge in [-0.25, -0.2) is 4.79 Å². The number of fused-ring (bicyclic) bond motifs is 1. The van der Waals surface area contributed by atoms with Crippen LogP contribution in [0.3, 0.4) is 0 Å². The summed E-state index contributed by atoms with van der Waals surface area (Å²) in [5, 5.41) is 2.89. The summed E-state index contributed by atoms with van der Waals surface area (Å²) in [4.78, 5) is 52.5. The van der Waals surface area contributed by atoms with Crippen molar-refractivity contribution in [1.82, 2.24) is 10.4 Å². The lowest BCUT2D eigenvalue weighted by Gasteiger charge is -2.13. The first-order chi connectivity index (χ1) is 12.5. The average Bonchev–Trinajstić information content (AvgIpc) is 2.91. The summed E-state index contributed by atoms with van der Waals surface area (Å²) in [6, 6.07) is 12.4. The number of benzene rings is 2. The highest BCUT2D eigenvalue weighted by Crippen LogP contribution is 2.22. The second-order valence-corrected chi connectivity index (χ2v) is 5.31. The standard InChI is InChI=1S/C18H14N2O6/c1-19-16(22)11-5-4-6-12(9-11)25-10-15(21)26-20-17(23)13-7-2-3-8-14(13)18(20)24/h2-9H,10H2,1H3,(H,19,22). The Morgan fingerprint density at radius 1 is 1.00 bits per heavy atom. The van der Waals surface area contributed by atoms with Crippen molar-refractivity contribution in [3.63, 3.8) is 0 Å². The minimum Gasteiger partial charge on any atom is -0.482 e. The first-order valence-corrected chi connectivity index (χ1v) is 7.65. The predicted molar refractivity (Wildman–Crippen MR) is 88.4 cm³/mol. The maximum Gasteiger partial charge on any atom is 0.370 e. The fourth-order valence-corrected chi connectivity index (χ4v) is 2.39. The number of nitrogens with zero attached hydrogens (tertiary/aromatic N) is 1. The lowest BCUT2D eigenvalue weighted by Crippen LogP contribution is -2.34. The van der Waals surface area contributed by atoms with E-state index in [1.165, 1.54) is 25.2 Å². The van der Waals surface area contributed by atoms with Crippen LogP contribution < -0.4 is 10.1 Å². The Morgan fingerprint density at radius 2 is 1.65 bits per heavy atom. The predicted octanol–water partition coefficient (Wildman–Crippen LogP) is 1.18. The van der Waals surface area contributed by atoms with Gasteiger partial charge in [0.15, 0.2) is 6.61 Å². The van der Waals surface area contributed by atoms with E-state index in [9.17, 15) is 19.2 Å². The van der Waals surface area contributed by atoms with Crippen LogP contribution in [0.1, 0.15) is 31.1 Å². The number of hydrogen-bond acceptors (Lipinski definition) is 6. The molecule has 0 aromatic heterocycles. The van der Waals surface area contributed by atoms with Crippen LogP contribution in [0.15, 0.2) is 48.5 Å². The topological polar surface area (TPSA) is 102 Å². The van der Waals surface area contributed by atoms with Crippen LogP contribution >= 0.6 is 0 Å². The zero-order chi connectivity index (χ0) is 18.7. The van der Waals surface area contributed by atoms with Crippen LogP contribution in [0.25, 0.3) is 0 Å². The number of imide groups is 1. The van der Waals surface area contributed by atoms with Crippen molar-refractivity contribution in [3.8, 4) is 5.75 Å². The van der Waals surface area contributed by atoms with E-state index in [2.05, 4.69) is 5.32 Å². The third kappa shape index (κ3) is 3.25. The highest BCUT2D eigenvalue weighted by atomic mass is 16.7. The normalized spacial score (nSPS) is 12.6. The number of hydrogen-bond donors (Lipinski definition) is 1. The van der Waals surface area contributed by atoms with E-state index >= 15 is 0 Å². The molecular weight excluding hydrogens is 340 g/mol. The molecule has 8 nitrogen and oxygen atoms in total. The lowest BCUT2D eigenvalue weighted by molar-refractivity contribution is -0.170. The summed E-state index contributed by atoms with van der Waals surface area (Å²) in [6.07, 6.45) is 0. The number of amides is 3. The number of carbonyl (C=O) groups excluding carboxylic acids is 4. The zero-order valence-corrected chi connectivity index (χ0v) is 13.7. The van der Waals surface area contributed by atoms with Gasteiger partial charge in [-0.3, -0.25) is 14.4 Å². The van der Waals surface area contributed by atoms with E-state index in [4.69, 9.17) is 9.57 Å². The SMILES string of the molecule is CNC(=O)c1cccc(OCC(=O)ON2C(=O)c3ccccc3C2=O)c1. The minimum atomic E-state index is -0.926. The van der Waals surface area contributed by atoms with Gasteiger partial charge in [0.1, 0.15) is 5.75 Å². The first kappa shape index (κ1) is 17.2. The molecule has 0 bridgehead atoms. The largest absolute Gasteiger partial charge is 0.482 e. The molecule has 0 saturated carbocycles. The Morgan fingerprint density at radius 3 is 2.27 bits per heavy atom. The van der Waals surface area contributed by atoms with Crippen LogP contribution in [0.2, 0.25) is 0 Å². The fraction of sp³-hybridized carbons (Fsp3) is 0.111. The van der Waals surface area contributed by atoms with Crippen molar-refractivity contribution in [1.29, 1.82) is 0 Å². The van der Waals surface area contributed by atoms with Crippen LogP contribution in [-0.2, 0) is 9.63 Å². The molecule has 0 fully saturated rings. The zero-order valence-electron chi connectivity index (χ0n) is 13.7. The number of rotatable bonds is 5. The van der Waals surface area contributed by atoms with Crippen LogP contribution in [0.4, 0.5) is 0 Å². The van der Waals surface area contributed by atoms with Gasteiger partial charge < -0.3 is 14.9 Å². The Bertz CT molecular complexity index is 873. The van der Waals surface area contributed by atoms with E-state index in [0.29, 0.717) is 10.6 Å².